The van der Waals surface area contributed by atoms with Gasteiger partial charge in [0.05, 0.1) is 20.8 Å². The van der Waals surface area contributed by atoms with E-state index in [1.807, 2.05) is 119 Å². The van der Waals surface area contributed by atoms with Gasteiger partial charge in [-0.1, -0.05) is 96.1 Å². The number of aryl methyl sites for hydroxylation is 2. The summed E-state index contributed by atoms with van der Waals surface area (Å²) in [6.45, 7) is 11.8. The summed E-state index contributed by atoms with van der Waals surface area (Å²) in [7, 11) is -11.1. The summed E-state index contributed by atoms with van der Waals surface area (Å²) in [5, 5.41) is 4.84. The Morgan fingerprint density at radius 3 is 1.22 bits per heavy atom. The van der Waals surface area contributed by atoms with Crippen LogP contribution in [0.1, 0.15) is 38.8 Å². The van der Waals surface area contributed by atoms with Crippen LogP contribution in [0.25, 0.3) is 43.4 Å². The lowest BCUT2D eigenvalue weighted by atomic mass is 9.98. The monoisotopic (exact) mass is 721 g/mol. The van der Waals surface area contributed by atoms with Crippen LogP contribution in [0.3, 0.4) is 0 Å². The summed E-state index contributed by atoms with van der Waals surface area (Å²) < 4.78 is 66.8. The van der Waals surface area contributed by atoms with Crippen molar-refractivity contribution in [1.82, 2.24) is 7.47 Å². The molecule has 0 atom stereocenters. The van der Waals surface area contributed by atoms with Crippen LogP contribution in [0.5, 0.6) is 0 Å². The third kappa shape index (κ3) is 5.53. The van der Waals surface area contributed by atoms with Crippen LogP contribution in [0, 0.1) is 13.8 Å². The largest absolute Gasteiger partial charge is 0.273 e. The van der Waals surface area contributed by atoms with E-state index in [1.54, 1.807) is 48.5 Å². The van der Waals surface area contributed by atoms with E-state index >= 15 is 16.8 Å². The highest BCUT2D eigenvalue weighted by molar-refractivity contribution is 7.96. The van der Waals surface area contributed by atoms with E-state index in [1.165, 1.54) is 7.47 Å². The van der Waals surface area contributed by atoms with E-state index in [0.717, 1.165) is 32.7 Å². The van der Waals surface area contributed by atoms with Crippen LogP contribution in [-0.4, -0.2) is 36.4 Å². The number of fused-ring (bicyclic) bond motifs is 7. The Kier molecular flexibility index (Phi) is 8.68. The van der Waals surface area contributed by atoms with Gasteiger partial charge in [0.15, 0.2) is 0 Å². The molecule has 256 valence electrons. The fraction of sp³-hybridized carbons (Fsp3) is 0.200. The fourth-order valence-corrected chi connectivity index (χ4v) is 14.3. The van der Waals surface area contributed by atoms with Crippen molar-refractivity contribution in [3.8, 4) is 0 Å². The quantitative estimate of drug-likeness (QED) is 0.164. The van der Waals surface area contributed by atoms with Gasteiger partial charge in [0.25, 0.3) is 20.0 Å². The number of aromatic nitrogens is 2. The van der Waals surface area contributed by atoms with Gasteiger partial charge in [0.2, 0.25) is 0 Å². The molecule has 0 aliphatic heterocycles. The molecule has 0 unspecified atom stereocenters. The lowest BCUT2D eigenvalue weighted by Gasteiger charge is -2.34. The maximum atomic E-state index is 15.5. The predicted molar refractivity (Wildman–Crippen MR) is 209 cm³/mol. The molecule has 0 saturated heterocycles. The molecule has 0 radical (unpaired) electrons. The van der Waals surface area contributed by atoms with E-state index in [0.29, 0.717) is 21.8 Å². The van der Waals surface area contributed by atoms with Crippen molar-refractivity contribution in [2.24, 2.45) is 0 Å². The van der Waals surface area contributed by atoms with E-state index in [2.05, 4.69) is 0 Å². The molecule has 0 fully saturated rings. The third-order valence-corrected chi connectivity index (χ3v) is 16.8. The van der Waals surface area contributed by atoms with Crippen LogP contribution in [0.4, 0.5) is 0 Å². The molecule has 7 aromatic rings. The maximum absolute atomic E-state index is 15.5. The lowest BCUT2D eigenvalue weighted by Crippen LogP contribution is -2.39. The number of benzene rings is 6. The first-order valence-corrected chi connectivity index (χ1v) is 20.8. The van der Waals surface area contributed by atoms with E-state index in [4.69, 9.17) is 0 Å². The molecule has 0 aliphatic rings. The molecule has 0 saturated carbocycles. The SMILES string of the molecule is Cc1ccc(S(=O)(=O)n2c3ccc4ccccc4c3c3c4ccccc4ccc3n(S(=O)(=O)c3ccc(C)cc3)p2N(C(C)C)C(C)C)cc1. The molecule has 0 aliphatic carbocycles. The Balaban J connectivity index is 1.92. The molecule has 0 spiro atoms. The number of hydrogen-bond donors (Lipinski definition) is 0. The normalized spacial score (nSPS) is 12.7. The van der Waals surface area contributed by atoms with Crippen molar-refractivity contribution in [3.63, 3.8) is 0 Å². The average molecular weight is 722 g/mol. The van der Waals surface area contributed by atoms with Crippen molar-refractivity contribution in [3.05, 3.63) is 132 Å². The van der Waals surface area contributed by atoms with Gasteiger partial charge in [-0.05, 0) is 99.5 Å². The third-order valence-electron chi connectivity index (χ3n) is 9.16. The van der Waals surface area contributed by atoms with Gasteiger partial charge in [-0.15, -0.1) is 0 Å². The van der Waals surface area contributed by atoms with Gasteiger partial charge in [-0.25, -0.2) is 21.5 Å². The Labute approximate surface area is 295 Å². The molecule has 6 aromatic carbocycles. The second-order valence-electron chi connectivity index (χ2n) is 13.3. The van der Waals surface area contributed by atoms with Gasteiger partial charge >= 0.3 is 0 Å². The van der Waals surface area contributed by atoms with Crippen molar-refractivity contribution >= 4 is 71.4 Å². The number of nitrogens with zero attached hydrogens (tertiary/aromatic N) is 3. The molecule has 7 rings (SSSR count). The van der Waals surface area contributed by atoms with Crippen LogP contribution >= 0.6 is 8.00 Å². The summed E-state index contributed by atoms with van der Waals surface area (Å²) >= 11 is 0. The van der Waals surface area contributed by atoms with E-state index in [-0.39, 0.29) is 21.9 Å². The molecule has 0 N–H and O–H groups in total. The van der Waals surface area contributed by atoms with Gasteiger partial charge in [-0.2, -0.15) is 7.47 Å². The second kappa shape index (κ2) is 12.7. The molecule has 10 heteroatoms. The van der Waals surface area contributed by atoms with Gasteiger partial charge in [0.1, 0.15) is 8.00 Å². The highest BCUT2D eigenvalue weighted by atomic mass is 32.2. The average Bonchev–Trinajstić information content (AvgIpc) is 3.22. The van der Waals surface area contributed by atoms with Crippen molar-refractivity contribution in [1.29, 1.82) is 0 Å². The molecule has 0 amide bonds. The van der Waals surface area contributed by atoms with Crippen molar-refractivity contribution in [2.75, 3.05) is 4.67 Å². The second-order valence-corrected chi connectivity index (χ2v) is 19.2. The Morgan fingerprint density at radius 1 is 0.500 bits per heavy atom. The summed E-state index contributed by atoms with van der Waals surface area (Å²) in [5.74, 6) is 0. The van der Waals surface area contributed by atoms with Crippen LogP contribution in [0.15, 0.2) is 131 Å². The zero-order chi connectivity index (χ0) is 35.5. The van der Waals surface area contributed by atoms with Crippen LogP contribution < -0.4 is 4.67 Å². The summed E-state index contributed by atoms with van der Waals surface area (Å²) in [6.07, 6.45) is 0. The zero-order valence-corrected chi connectivity index (χ0v) is 31.5. The molecule has 50 heavy (non-hydrogen) atoms. The minimum absolute atomic E-state index is 0.0886. The van der Waals surface area contributed by atoms with Crippen molar-refractivity contribution in [2.45, 2.75) is 63.4 Å². The Morgan fingerprint density at radius 2 is 0.860 bits per heavy atom. The van der Waals surface area contributed by atoms with Crippen molar-refractivity contribution < 1.29 is 16.8 Å². The minimum atomic E-state index is -4.38. The summed E-state index contributed by atoms with van der Waals surface area (Å²) in [4.78, 5) is 0.177. The lowest BCUT2D eigenvalue weighted by molar-refractivity contribution is 0.589. The molecular formula is C40H40N3O4PS2. The molecule has 1 heterocycles. The minimum Gasteiger partial charge on any atom is -0.228 e. The standard InChI is InChI=1S/C40H40N3O4PS2/c1-27(2)41(28(3)4)48-42(49(44,45)33-21-15-29(5)16-22-33)37-25-19-31-11-7-9-13-35(31)39(37)40-36-14-10-8-12-32(36)20-26-38(40)43(48)50(46,47)34-23-17-30(6)18-24-34/h7-28H,1-6H3. The van der Waals surface area contributed by atoms with Gasteiger partial charge < -0.3 is 0 Å². The highest BCUT2D eigenvalue weighted by Crippen LogP contribution is 2.47. The van der Waals surface area contributed by atoms with E-state index in [9.17, 15) is 0 Å². The smallest absolute Gasteiger partial charge is 0.228 e. The Hall–Kier alpha value is -4.40. The Bertz CT molecular complexity index is 2520. The molecule has 0 bridgehead atoms. The molecule has 1 aromatic heterocycles. The van der Waals surface area contributed by atoms with E-state index < -0.39 is 28.0 Å². The predicted octanol–water partition coefficient (Wildman–Crippen LogP) is 9.86. The first kappa shape index (κ1) is 34.1. The zero-order valence-electron chi connectivity index (χ0n) is 28.9. The molecular weight excluding hydrogens is 682 g/mol. The first-order valence-electron chi connectivity index (χ1n) is 16.7. The van der Waals surface area contributed by atoms with Gasteiger partial charge in [-0.3, -0.25) is 0 Å². The molecule has 7 nitrogen and oxygen atoms in total. The summed E-state index contributed by atoms with van der Waals surface area (Å²) in [6, 6.07) is 36.4. The highest BCUT2D eigenvalue weighted by Gasteiger charge is 2.35. The fourth-order valence-electron chi connectivity index (χ4n) is 6.90. The summed E-state index contributed by atoms with van der Waals surface area (Å²) in [5.41, 5.74) is 2.70. The first-order chi connectivity index (χ1) is 23.8. The maximum Gasteiger partial charge on any atom is 0.273 e. The number of hydrogen-bond acceptors (Lipinski definition) is 5. The van der Waals surface area contributed by atoms with Crippen LogP contribution in [0.2, 0.25) is 0 Å². The topological polar surface area (TPSA) is 81.4 Å². The number of rotatable bonds is 7. The van der Waals surface area contributed by atoms with Crippen LogP contribution in [-0.2, 0) is 20.0 Å². The van der Waals surface area contributed by atoms with Gasteiger partial charge in [0, 0.05) is 22.9 Å².